The molecular formula is C11H13N. The van der Waals surface area contributed by atoms with Gasteiger partial charge in [-0.05, 0) is 37.1 Å². The van der Waals surface area contributed by atoms with Crippen molar-refractivity contribution in [2.75, 3.05) is 0 Å². The Bertz CT molecular complexity index is 294. The smallest absolute Gasteiger partial charge is 0.0660 e. The summed E-state index contributed by atoms with van der Waals surface area (Å²) in [7, 11) is 0. The first-order chi connectivity index (χ1) is 5.61. The van der Waals surface area contributed by atoms with E-state index in [0.717, 1.165) is 22.5 Å². The highest BCUT2D eigenvalue weighted by Crippen LogP contribution is 2.13. The van der Waals surface area contributed by atoms with E-state index in [2.05, 4.69) is 18.1 Å². The molecule has 0 amide bonds. The number of rotatable bonds is 2. The summed E-state index contributed by atoms with van der Waals surface area (Å²) in [5.74, 6) is 0. The first kappa shape index (κ1) is 8.72. The predicted octanol–water partition coefficient (Wildman–Crippen LogP) is 3.15. The second-order valence-electron chi connectivity index (χ2n) is 2.97. The van der Waals surface area contributed by atoms with Crippen LogP contribution in [0.15, 0.2) is 31.4 Å². The highest BCUT2D eigenvalue weighted by molar-refractivity contribution is 5.63. The Hall–Kier alpha value is -1.37. The summed E-state index contributed by atoms with van der Waals surface area (Å²) in [5, 5.41) is 0. The molecule has 1 rings (SSSR count). The van der Waals surface area contributed by atoms with E-state index >= 15 is 0 Å². The Morgan fingerprint density at radius 3 is 1.83 bits per heavy atom. The Kier molecular flexibility index (Phi) is 2.44. The van der Waals surface area contributed by atoms with Gasteiger partial charge in [-0.15, -0.1) is 0 Å². The van der Waals surface area contributed by atoms with Crippen LogP contribution in [0.1, 0.15) is 25.2 Å². The summed E-state index contributed by atoms with van der Waals surface area (Å²) in [5.41, 5.74) is 3.85. The van der Waals surface area contributed by atoms with Gasteiger partial charge < -0.3 is 0 Å². The fourth-order valence-electron chi connectivity index (χ4n) is 0.910. The van der Waals surface area contributed by atoms with E-state index in [0.29, 0.717) is 0 Å². The van der Waals surface area contributed by atoms with Crippen LogP contribution in [0, 0.1) is 0 Å². The minimum absolute atomic E-state index is 0.940. The van der Waals surface area contributed by atoms with Gasteiger partial charge in [-0.2, -0.15) is 0 Å². The molecule has 0 spiro atoms. The molecule has 1 heteroatoms. The van der Waals surface area contributed by atoms with E-state index in [1.807, 2.05) is 32.0 Å². The van der Waals surface area contributed by atoms with Crippen LogP contribution in [0.25, 0.3) is 11.1 Å². The van der Waals surface area contributed by atoms with Crippen molar-refractivity contribution in [3.63, 3.8) is 0 Å². The van der Waals surface area contributed by atoms with Gasteiger partial charge in [-0.3, -0.25) is 0 Å². The molecule has 0 saturated heterocycles. The first-order valence-electron chi connectivity index (χ1n) is 3.90. The lowest BCUT2D eigenvalue weighted by molar-refractivity contribution is 1.22. The molecule has 1 aromatic heterocycles. The summed E-state index contributed by atoms with van der Waals surface area (Å²) in [6.45, 7) is 11.6. The van der Waals surface area contributed by atoms with Gasteiger partial charge in [0.2, 0.25) is 0 Å². The third kappa shape index (κ3) is 1.82. The van der Waals surface area contributed by atoms with Gasteiger partial charge in [0.15, 0.2) is 0 Å². The SMILES string of the molecule is C=C(C)c1cccc(C(=C)C)n1. The van der Waals surface area contributed by atoms with Crippen LogP contribution in [0.4, 0.5) is 0 Å². The van der Waals surface area contributed by atoms with Crippen LogP contribution in [-0.4, -0.2) is 4.98 Å². The van der Waals surface area contributed by atoms with Crippen LogP contribution >= 0.6 is 0 Å². The Balaban J connectivity index is 3.12. The third-order valence-corrected chi connectivity index (χ3v) is 1.62. The third-order valence-electron chi connectivity index (χ3n) is 1.62. The average Bonchev–Trinajstić information content (AvgIpc) is 2.04. The van der Waals surface area contributed by atoms with Gasteiger partial charge in [0.25, 0.3) is 0 Å². The normalized spacial score (nSPS) is 9.50. The Labute approximate surface area is 73.5 Å². The molecule has 1 aromatic rings. The van der Waals surface area contributed by atoms with Gasteiger partial charge in [-0.1, -0.05) is 19.2 Å². The molecule has 1 nitrogen and oxygen atoms in total. The maximum absolute atomic E-state index is 4.37. The number of nitrogens with zero attached hydrogens (tertiary/aromatic N) is 1. The topological polar surface area (TPSA) is 12.9 Å². The highest BCUT2D eigenvalue weighted by Gasteiger charge is 1.97. The van der Waals surface area contributed by atoms with Crippen molar-refractivity contribution >= 4 is 11.1 Å². The molecule has 0 aliphatic heterocycles. The second kappa shape index (κ2) is 3.35. The van der Waals surface area contributed by atoms with E-state index in [-0.39, 0.29) is 0 Å². The van der Waals surface area contributed by atoms with Crippen LogP contribution in [0.2, 0.25) is 0 Å². The van der Waals surface area contributed by atoms with Crippen LogP contribution in [-0.2, 0) is 0 Å². The summed E-state index contributed by atoms with van der Waals surface area (Å²) < 4.78 is 0. The summed E-state index contributed by atoms with van der Waals surface area (Å²) >= 11 is 0. The van der Waals surface area contributed by atoms with E-state index in [9.17, 15) is 0 Å². The molecule has 62 valence electrons. The predicted molar refractivity (Wildman–Crippen MR) is 53.7 cm³/mol. The van der Waals surface area contributed by atoms with Crippen molar-refractivity contribution in [1.29, 1.82) is 0 Å². The number of aromatic nitrogens is 1. The zero-order valence-corrected chi connectivity index (χ0v) is 7.59. The Morgan fingerprint density at radius 1 is 1.08 bits per heavy atom. The minimum atomic E-state index is 0.940. The van der Waals surface area contributed by atoms with Gasteiger partial charge in [0, 0.05) is 0 Å². The van der Waals surface area contributed by atoms with Crippen molar-refractivity contribution in [3.8, 4) is 0 Å². The second-order valence-corrected chi connectivity index (χ2v) is 2.97. The molecule has 12 heavy (non-hydrogen) atoms. The van der Waals surface area contributed by atoms with E-state index < -0.39 is 0 Å². The standard InChI is InChI=1S/C11H13N/c1-8(2)10-6-5-7-11(12-10)9(3)4/h5-7H,1,3H2,2,4H3. The quantitative estimate of drug-likeness (QED) is 0.646. The molecule has 0 aromatic carbocycles. The maximum Gasteiger partial charge on any atom is 0.0660 e. The molecule has 1 heterocycles. The molecule has 0 atom stereocenters. The molecule has 0 unspecified atom stereocenters. The molecular weight excluding hydrogens is 146 g/mol. The van der Waals surface area contributed by atoms with Crippen molar-refractivity contribution in [3.05, 3.63) is 42.7 Å². The van der Waals surface area contributed by atoms with E-state index in [1.54, 1.807) is 0 Å². The van der Waals surface area contributed by atoms with Gasteiger partial charge in [0.1, 0.15) is 0 Å². The number of hydrogen-bond acceptors (Lipinski definition) is 1. The molecule has 0 N–H and O–H groups in total. The fourth-order valence-corrected chi connectivity index (χ4v) is 0.910. The molecule has 0 radical (unpaired) electrons. The van der Waals surface area contributed by atoms with Crippen molar-refractivity contribution in [2.45, 2.75) is 13.8 Å². The van der Waals surface area contributed by atoms with Gasteiger partial charge in [0.05, 0.1) is 11.4 Å². The van der Waals surface area contributed by atoms with Crippen LogP contribution in [0.5, 0.6) is 0 Å². The lowest BCUT2D eigenvalue weighted by Crippen LogP contribution is -1.89. The van der Waals surface area contributed by atoms with E-state index in [4.69, 9.17) is 0 Å². The van der Waals surface area contributed by atoms with Gasteiger partial charge >= 0.3 is 0 Å². The monoisotopic (exact) mass is 159 g/mol. The Morgan fingerprint density at radius 2 is 1.50 bits per heavy atom. The lowest BCUT2D eigenvalue weighted by Gasteiger charge is -2.02. The number of hydrogen-bond donors (Lipinski definition) is 0. The zero-order valence-electron chi connectivity index (χ0n) is 7.59. The lowest BCUT2D eigenvalue weighted by atomic mass is 10.1. The molecule has 0 fully saturated rings. The summed E-state index contributed by atoms with van der Waals surface area (Å²) in [6, 6.07) is 5.88. The largest absolute Gasteiger partial charge is 0.249 e. The number of allylic oxidation sites excluding steroid dienone is 2. The van der Waals surface area contributed by atoms with Crippen molar-refractivity contribution in [1.82, 2.24) is 4.98 Å². The van der Waals surface area contributed by atoms with E-state index in [1.165, 1.54) is 0 Å². The maximum atomic E-state index is 4.37. The van der Waals surface area contributed by atoms with Crippen LogP contribution < -0.4 is 0 Å². The summed E-state index contributed by atoms with van der Waals surface area (Å²) in [4.78, 5) is 4.37. The highest BCUT2D eigenvalue weighted by atomic mass is 14.7. The fraction of sp³-hybridized carbons (Fsp3) is 0.182. The van der Waals surface area contributed by atoms with Crippen molar-refractivity contribution in [2.24, 2.45) is 0 Å². The zero-order chi connectivity index (χ0) is 9.14. The molecule has 0 bridgehead atoms. The number of pyridine rings is 1. The minimum Gasteiger partial charge on any atom is -0.249 e. The first-order valence-corrected chi connectivity index (χ1v) is 3.90. The molecule has 0 saturated carbocycles. The average molecular weight is 159 g/mol. The summed E-state index contributed by atoms with van der Waals surface area (Å²) in [6.07, 6.45) is 0. The van der Waals surface area contributed by atoms with Crippen LogP contribution in [0.3, 0.4) is 0 Å². The molecule has 0 aliphatic carbocycles. The van der Waals surface area contributed by atoms with Gasteiger partial charge in [-0.25, -0.2) is 4.98 Å². The molecule has 0 aliphatic rings. The van der Waals surface area contributed by atoms with Crippen molar-refractivity contribution < 1.29 is 0 Å².